The Hall–Kier alpha value is -0.780. The molecule has 0 aromatic rings. The van der Waals surface area contributed by atoms with Crippen LogP contribution in [0.25, 0.3) is 0 Å². The van der Waals surface area contributed by atoms with Gasteiger partial charge in [0, 0.05) is 0 Å². The van der Waals surface area contributed by atoms with Crippen molar-refractivity contribution < 1.29 is 0 Å². The minimum Gasteiger partial charge on any atom is -0.103 e. The van der Waals surface area contributed by atoms with Gasteiger partial charge in [0.05, 0.1) is 0 Å². The fourth-order valence-corrected chi connectivity index (χ4v) is 9.00. The van der Waals surface area contributed by atoms with Crippen LogP contribution in [0.2, 0.25) is 0 Å². The van der Waals surface area contributed by atoms with Crippen LogP contribution in [-0.4, -0.2) is 0 Å². The molecule has 1 saturated carbocycles. The Kier molecular flexibility index (Phi) is 16.6. The SMILES string of the molecule is C=CCC1CC(C(C)(C)C(CCC)CC(C)C=C)C(CCC(C)CC)CC1C(C(C)/C=C\C)C(CC)C(C)C. The van der Waals surface area contributed by atoms with Gasteiger partial charge in [-0.3, -0.25) is 0 Å². The molecule has 0 aromatic carbocycles. The zero-order valence-corrected chi connectivity index (χ0v) is 28.6. The largest absolute Gasteiger partial charge is 0.103 e. The summed E-state index contributed by atoms with van der Waals surface area (Å²) in [5, 5.41) is 0. The van der Waals surface area contributed by atoms with Gasteiger partial charge in [0.25, 0.3) is 0 Å². The number of hydrogen-bond acceptors (Lipinski definition) is 0. The predicted octanol–water partition coefficient (Wildman–Crippen LogP) is 12.8. The van der Waals surface area contributed by atoms with Crippen LogP contribution >= 0.6 is 0 Å². The van der Waals surface area contributed by atoms with Crippen LogP contribution in [0.3, 0.4) is 0 Å². The van der Waals surface area contributed by atoms with E-state index < -0.39 is 0 Å². The van der Waals surface area contributed by atoms with E-state index in [0.29, 0.717) is 17.3 Å². The first kappa shape index (κ1) is 36.2. The minimum absolute atomic E-state index is 0.352. The Morgan fingerprint density at radius 2 is 1.56 bits per heavy atom. The van der Waals surface area contributed by atoms with Crippen LogP contribution in [0, 0.1) is 70.5 Å². The lowest BCUT2D eigenvalue weighted by atomic mass is 9.51. The van der Waals surface area contributed by atoms with Crippen LogP contribution in [0.15, 0.2) is 37.5 Å². The lowest BCUT2D eigenvalue weighted by molar-refractivity contribution is -0.0482. The Bertz CT molecular complexity index is 695. The van der Waals surface area contributed by atoms with Crippen molar-refractivity contribution in [3.05, 3.63) is 37.5 Å². The van der Waals surface area contributed by atoms with Crippen molar-refractivity contribution in [2.24, 2.45) is 70.5 Å². The van der Waals surface area contributed by atoms with E-state index in [4.69, 9.17) is 0 Å². The first-order valence-electron chi connectivity index (χ1n) is 17.3. The summed E-state index contributed by atoms with van der Waals surface area (Å²) in [6.45, 7) is 35.6. The molecule has 1 rings (SSSR count). The summed E-state index contributed by atoms with van der Waals surface area (Å²) in [6, 6.07) is 0. The van der Waals surface area contributed by atoms with Crippen LogP contribution in [-0.2, 0) is 0 Å². The minimum atomic E-state index is 0.352. The molecule has 1 aliphatic rings. The molecule has 0 aromatic heterocycles. The van der Waals surface area contributed by atoms with Crippen molar-refractivity contribution in [1.29, 1.82) is 0 Å². The second-order valence-electron chi connectivity index (χ2n) is 14.9. The van der Waals surface area contributed by atoms with E-state index in [1.807, 2.05) is 0 Å². The maximum Gasteiger partial charge on any atom is -0.0228 e. The van der Waals surface area contributed by atoms with E-state index in [9.17, 15) is 0 Å². The molecule has 0 heterocycles. The maximum absolute atomic E-state index is 4.30. The highest BCUT2D eigenvalue weighted by Crippen LogP contribution is 2.57. The van der Waals surface area contributed by atoms with Gasteiger partial charge in [-0.15, -0.1) is 13.2 Å². The van der Waals surface area contributed by atoms with Crippen molar-refractivity contribution in [3.63, 3.8) is 0 Å². The molecule has 1 aliphatic carbocycles. The van der Waals surface area contributed by atoms with Gasteiger partial charge < -0.3 is 0 Å². The first-order chi connectivity index (χ1) is 18.4. The van der Waals surface area contributed by atoms with Crippen LogP contribution < -0.4 is 0 Å². The van der Waals surface area contributed by atoms with Crippen molar-refractivity contribution in [1.82, 2.24) is 0 Å². The molecule has 0 bridgehead atoms. The lowest BCUT2D eigenvalue weighted by Gasteiger charge is -2.54. The average Bonchev–Trinajstić information content (AvgIpc) is 2.90. The smallest absolute Gasteiger partial charge is 0.0228 e. The first-order valence-corrected chi connectivity index (χ1v) is 17.3. The van der Waals surface area contributed by atoms with Gasteiger partial charge in [0.1, 0.15) is 0 Å². The Morgan fingerprint density at radius 3 is 2.05 bits per heavy atom. The van der Waals surface area contributed by atoms with Gasteiger partial charge in [0.2, 0.25) is 0 Å². The van der Waals surface area contributed by atoms with Gasteiger partial charge in [-0.2, -0.15) is 0 Å². The molecule has 0 saturated heterocycles. The van der Waals surface area contributed by atoms with Crippen molar-refractivity contribution >= 4 is 0 Å². The molecule has 0 spiro atoms. The molecule has 39 heavy (non-hydrogen) atoms. The Balaban J connectivity index is 3.61. The molecular weight excluding hydrogens is 468 g/mol. The summed E-state index contributed by atoms with van der Waals surface area (Å²) in [4.78, 5) is 0. The third-order valence-corrected chi connectivity index (χ3v) is 11.6. The summed E-state index contributed by atoms with van der Waals surface area (Å²) in [5.41, 5.74) is 0.352. The van der Waals surface area contributed by atoms with Crippen molar-refractivity contribution in [2.75, 3.05) is 0 Å². The predicted molar refractivity (Wildman–Crippen MR) is 179 cm³/mol. The van der Waals surface area contributed by atoms with Gasteiger partial charge in [0.15, 0.2) is 0 Å². The normalized spacial score (nSPS) is 27.2. The summed E-state index contributed by atoms with van der Waals surface area (Å²) in [7, 11) is 0. The molecule has 0 heteroatoms. The van der Waals surface area contributed by atoms with E-state index in [2.05, 4.69) is 114 Å². The molecular formula is C39H72. The molecule has 10 atom stereocenters. The van der Waals surface area contributed by atoms with Gasteiger partial charge in [-0.05, 0) is 110 Å². The van der Waals surface area contributed by atoms with Gasteiger partial charge >= 0.3 is 0 Å². The number of hydrogen-bond donors (Lipinski definition) is 0. The lowest BCUT2D eigenvalue weighted by Crippen LogP contribution is -2.47. The average molecular weight is 541 g/mol. The fourth-order valence-electron chi connectivity index (χ4n) is 9.00. The fraction of sp³-hybridized carbons (Fsp3) is 0.846. The third kappa shape index (κ3) is 10.2. The van der Waals surface area contributed by atoms with E-state index >= 15 is 0 Å². The zero-order valence-electron chi connectivity index (χ0n) is 28.6. The van der Waals surface area contributed by atoms with Gasteiger partial charge in [-0.25, -0.2) is 0 Å². The molecule has 0 radical (unpaired) electrons. The molecule has 0 aliphatic heterocycles. The van der Waals surface area contributed by atoms with Crippen LogP contribution in [0.4, 0.5) is 0 Å². The topological polar surface area (TPSA) is 0 Å². The Morgan fingerprint density at radius 1 is 0.897 bits per heavy atom. The van der Waals surface area contributed by atoms with E-state index in [1.165, 1.54) is 64.2 Å². The van der Waals surface area contributed by atoms with E-state index in [-0.39, 0.29) is 0 Å². The van der Waals surface area contributed by atoms with Crippen molar-refractivity contribution in [3.8, 4) is 0 Å². The van der Waals surface area contributed by atoms with E-state index in [0.717, 1.165) is 53.3 Å². The highest BCUT2D eigenvalue weighted by molar-refractivity contribution is 5.02. The summed E-state index contributed by atoms with van der Waals surface area (Å²) < 4.78 is 0. The molecule has 0 nitrogen and oxygen atoms in total. The highest BCUT2D eigenvalue weighted by atomic mass is 14.5. The molecule has 0 N–H and O–H groups in total. The summed E-state index contributed by atoms with van der Waals surface area (Å²) in [6.07, 6.45) is 22.7. The number of allylic oxidation sites excluding steroid dienone is 4. The molecule has 1 fully saturated rings. The van der Waals surface area contributed by atoms with Crippen LogP contribution in [0.5, 0.6) is 0 Å². The quantitative estimate of drug-likeness (QED) is 0.143. The molecule has 228 valence electrons. The van der Waals surface area contributed by atoms with Crippen LogP contribution in [0.1, 0.15) is 140 Å². The van der Waals surface area contributed by atoms with Gasteiger partial charge in [-0.1, -0.05) is 126 Å². The highest BCUT2D eigenvalue weighted by Gasteiger charge is 2.49. The molecule has 10 unspecified atom stereocenters. The maximum atomic E-state index is 4.30. The summed E-state index contributed by atoms with van der Waals surface area (Å²) >= 11 is 0. The number of rotatable bonds is 19. The second-order valence-corrected chi connectivity index (χ2v) is 14.9. The van der Waals surface area contributed by atoms with Crippen molar-refractivity contribution in [2.45, 2.75) is 140 Å². The standard InChI is InChI=1S/C39H72/c1-14-20-31(11)38(35(19-6)28(7)8)36-26-33(24-23-29(9)17-4)37(27-32(36)21-15-2)39(12,13)34(22-16-3)25-30(10)18-5/h14-15,18,20,28-38H,2,5,16-17,19,21-27H2,1,3-4,6-13H3/b20-14-. The summed E-state index contributed by atoms with van der Waals surface area (Å²) in [5.74, 6) is 8.32. The third-order valence-electron chi connectivity index (χ3n) is 11.6. The zero-order chi connectivity index (χ0) is 29.8. The second kappa shape index (κ2) is 17.9. The van der Waals surface area contributed by atoms with E-state index in [1.54, 1.807) is 0 Å². The Labute approximate surface area is 248 Å². The monoisotopic (exact) mass is 541 g/mol. The molecule has 0 amide bonds.